The second kappa shape index (κ2) is 6.57. The van der Waals surface area contributed by atoms with Crippen LogP contribution in [-0.4, -0.2) is 5.91 Å². The second-order valence-electron chi connectivity index (χ2n) is 5.63. The number of anilines is 1. The van der Waals surface area contributed by atoms with E-state index in [9.17, 15) is 4.79 Å². The van der Waals surface area contributed by atoms with Crippen molar-refractivity contribution in [3.05, 3.63) is 64.7 Å². The van der Waals surface area contributed by atoms with Gasteiger partial charge in [-0.15, -0.1) is 0 Å². The first-order valence-corrected chi connectivity index (χ1v) is 7.46. The molecular weight excluding hydrogens is 258 g/mol. The fourth-order valence-corrected chi connectivity index (χ4v) is 2.85. The quantitative estimate of drug-likeness (QED) is 0.861. The molecule has 110 valence electrons. The van der Waals surface area contributed by atoms with Crippen molar-refractivity contribution in [2.75, 3.05) is 5.32 Å². The maximum absolute atomic E-state index is 12.6. The predicted molar refractivity (Wildman–Crippen MR) is 88.8 cm³/mol. The Balaban J connectivity index is 2.25. The Kier molecular flexibility index (Phi) is 4.79. The van der Waals surface area contributed by atoms with Crippen molar-refractivity contribution in [2.45, 2.75) is 40.0 Å². The standard InChI is InChI=1S/C19H23NO/c1-5-17(16-9-7-6-8-10-16)19(21)20-18-14(3)11-13(2)12-15(18)4/h6-12,17H,5H2,1-4H3,(H,20,21). The van der Waals surface area contributed by atoms with Crippen LogP contribution in [0.2, 0.25) is 0 Å². The molecular formula is C19H23NO. The fraction of sp³-hybridized carbons (Fsp3) is 0.316. The van der Waals surface area contributed by atoms with Gasteiger partial charge in [0.2, 0.25) is 5.91 Å². The zero-order valence-electron chi connectivity index (χ0n) is 13.2. The van der Waals surface area contributed by atoms with E-state index in [4.69, 9.17) is 0 Å². The molecule has 1 amide bonds. The molecule has 0 saturated heterocycles. The molecule has 0 saturated carbocycles. The van der Waals surface area contributed by atoms with Gasteiger partial charge in [-0.05, 0) is 43.9 Å². The van der Waals surface area contributed by atoms with E-state index in [0.29, 0.717) is 0 Å². The number of hydrogen-bond acceptors (Lipinski definition) is 1. The maximum Gasteiger partial charge on any atom is 0.231 e. The van der Waals surface area contributed by atoms with Crippen LogP contribution in [0.4, 0.5) is 5.69 Å². The topological polar surface area (TPSA) is 29.1 Å². The highest BCUT2D eigenvalue weighted by molar-refractivity contribution is 5.97. The Labute approximate surface area is 127 Å². The van der Waals surface area contributed by atoms with E-state index >= 15 is 0 Å². The molecule has 21 heavy (non-hydrogen) atoms. The molecule has 0 aliphatic rings. The summed E-state index contributed by atoms with van der Waals surface area (Å²) in [6, 6.07) is 14.2. The highest BCUT2D eigenvalue weighted by Gasteiger charge is 2.19. The van der Waals surface area contributed by atoms with Gasteiger partial charge < -0.3 is 5.32 Å². The molecule has 0 spiro atoms. The van der Waals surface area contributed by atoms with E-state index in [1.54, 1.807) is 0 Å². The molecule has 2 heteroatoms. The lowest BCUT2D eigenvalue weighted by molar-refractivity contribution is -0.117. The summed E-state index contributed by atoms with van der Waals surface area (Å²) in [6.45, 7) is 8.20. The Bertz CT molecular complexity index is 608. The lowest BCUT2D eigenvalue weighted by Gasteiger charge is -2.18. The van der Waals surface area contributed by atoms with Crippen LogP contribution in [-0.2, 0) is 4.79 Å². The lowest BCUT2D eigenvalue weighted by atomic mass is 9.95. The van der Waals surface area contributed by atoms with Crippen LogP contribution < -0.4 is 5.32 Å². The molecule has 2 rings (SSSR count). The van der Waals surface area contributed by atoms with Gasteiger partial charge in [0.15, 0.2) is 0 Å². The van der Waals surface area contributed by atoms with Gasteiger partial charge in [-0.1, -0.05) is 55.0 Å². The van der Waals surface area contributed by atoms with Crippen molar-refractivity contribution < 1.29 is 4.79 Å². The number of carbonyl (C=O) groups is 1. The molecule has 0 radical (unpaired) electrons. The third-order valence-corrected chi connectivity index (χ3v) is 3.85. The fourth-order valence-electron chi connectivity index (χ4n) is 2.85. The summed E-state index contributed by atoms with van der Waals surface area (Å²) < 4.78 is 0. The van der Waals surface area contributed by atoms with E-state index in [-0.39, 0.29) is 11.8 Å². The number of nitrogens with one attached hydrogen (secondary N) is 1. The van der Waals surface area contributed by atoms with Crippen LogP contribution in [0.3, 0.4) is 0 Å². The Morgan fingerprint density at radius 3 is 2.14 bits per heavy atom. The van der Waals surface area contributed by atoms with Gasteiger partial charge in [0.1, 0.15) is 0 Å². The molecule has 0 bridgehead atoms. The zero-order chi connectivity index (χ0) is 15.4. The number of hydrogen-bond donors (Lipinski definition) is 1. The molecule has 0 aliphatic carbocycles. The number of rotatable bonds is 4. The zero-order valence-corrected chi connectivity index (χ0v) is 13.2. The Hall–Kier alpha value is -2.09. The summed E-state index contributed by atoms with van der Waals surface area (Å²) in [7, 11) is 0. The number of benzene rings is 2. The van der Waals surface area contributed by atoms with E-state index in [1.807, 2.05) is 51.1 Å². The van der Waals surface area contributed by atoms with Crippen LogP contribution in [0.5, 0.6) is 0 Å². The maximum atomic E-state index is 12.6. The van der Waals surface area contributed by atoms with Crippen molar-refractivity contribution in [2.24, 2.45) is 0 Å². The van der Waals surface area contributed by atoms with E-state index in [1.165, 1.54) is 5.56 Å². The van der Waals surface area contributed by atoms with Crippen LogP contribution in [0, 0.1) is 20.8 Å². The van der Waals surface area contributed by atoms with Crippen LogP contribution in [0.15, 0.2) is 42.5 Å². The summed E-state index contributed by atoms with van der Waals surface area (Å²) in [6.07, 6.45) is 0.791. The minimum Gasteiger partial charge on any atom is -0.325 e. The van der Waals surface area contributed by atoms with Gasteiger partial charge in [0.05, 0.1) is 5.92 Å². The van der Waals surface area contributed by atoms with E-state index < -0.39 is 0 Å². The van der Waals surface area contributed by atoms with Crippen LogP contribution in [0.1, 0.15) is 41.5 Å². The number of carbonyl (C=O) groups excluding carboxylic acids is 1. The molecule has 2 aromatic carbocycles. The molecule has 0 aliphatic heterocycles. The largest absolute Gasteiger partial charge is 0.325 e. The smallest absolute Gasteiger partial charge is 0.231 e. The monoisotopic (exact) mass is 281 g/mol. The van der Waals surface area contributed by atoms with E-state index in [0.717, 1.165) is 28.8 Å². The van der Waals surface area contributed by atoms with Gasteiger partial charge in [-0.3, -0.25) is 4.79 Å². The van der Waals surface area contributed by atoms with Crippen LogP contribution >= 0.6 is 0 Å². The summed E-state index contributed by atoms with van der Waals surface area (Å²) in [5, 5.41) is 3.12. The first-order chi connectivity index (χ1) is 10.0. The van der Waals surface area contributed by atoms with E-state index in [2.05, 4.69) is 24.4 Å². The Morgan fingerprint density at radius 1 is 1.05 bits per heavy atom. The minimum atomic E-state index is -0.105. The first kappa shape index (κ1) is 15.3. The molecule has 1 N–H and O–H groups in total. The molecule has 0 aromatic heterocycles. The average Bonchev–Trinajstić information content (AvgIpc) is 2.45. The predicted octanol–water partition coefficient (Wildman–Crippen LogP) is 4.74. The van der Waals surface area contributed by atoms with Crippen molar-refractivity contribution in [3.63, 3.8) is 0 Å². The van der Waals surface area contributed by atoms with Gasteiger partial charge in [0, 0.05) is 5.69 Å². The average molecular weight is 281 g/mol. The van der Waals surface area contributed by atoms with Gasteiger partial charge in [-0.2, -0.15) is 0 Å². The molecule has 2 aromatic rings. The number of amides is 1. The van der Waals surface area contributed by atoms with Crippen LogP contribution in [0.25, 0.3) is 0 Å². The van der Waals surface area contributed by atoms with Crippen molar-refractivity contribution in [1.82, 2.24) is 0 Å². The second-order valence-corrected chi connectivity index (χ2v) is 5.63. The first-order valence-electron chi connectivity index (χ1n) is 7.46. The van der Waals surface area contributed by atoms with Crippen molar-refractivity contribution in [1.29, 1.82) is 0 Å². The SMILES string of the molecule is CCC(C(=O)Nc1c(C)cc(C)cc1C)c1ccccc1. The van der Waals surface area contributed by atoms with Gasteiger partial charge in [-0.25, -0.2) is 0 Å². The molecule has 1 atom stereocenters. The number of aryl methyl sites for hydroxylation is 3. The summed E-state index contributed by atoms with van der Waals surface area (Å²) >= 11 is 0. The molecule has 1 unspecified atom stereocenters. The highest BCUT2D eigenvalue weighted by Crippen LogP contribution is 2.26. The molecule has 2 nitrogen and oxygen atoms in total. The summed E-state index contributed by atoms with van der Waals surface area (Å²) in [5.41, 5.74) is 5.46. The molecule has 0 heterocycles. The van der Waals surface area contributed by atoms with Gasteiger partial charge >= 0.3 is 0 Å². The van der Waals surface area contributed by atoms with Crippen molar-refractivity contribution in [3.8, 4) is 0 Å². The highest BCUT2D eigenvalue weighted by atomic mass is 16.1. The molecule has 0 fully saturated rings. The summed E-state index contributed by atoms with van der Waals surface area (Å²) in [5.74, 6) is -0.0370. The summed E-state index contributed by atoms with van der Waals surface area (Å²) in [4.78, 5) is 12.6. The normalized spacial score (nSPS) is 12.0. The minimum absolute atomic E-state index is 0.0683. The third kappa shape index (κ3) is 3.52. The lowest BCUT2D eigenvalue weighted by Crippen LogP contribution is -2.21. The Morgan fingerprint density at radius 2 is 1.62 bits per heavy atom. The third-order valence-electron chi connectivity index (χ3n) is 3.85. The van der Waals surface area contributed by atoms with Gasteiger partial charge in [0.25, 0.3) is 0 Å². The van der Waals surface area contributed by atoms with Crippen molar-refractivity contribution >= 4 is 11.6 Å².